The number of nitriles is 1. The van der Waals surface area contributed by atoms with Crippen molar-refractivity contribution in [2.24, 2.45) is 5.92 Å². The average molecular weight is 291 g/mol. The number of hydrogen-bond acceptors (Lipinski definition) is 3. The van der Waals surface area contributed by atoms with Gasteiger partial charge in [-0.2, -0.15) is 5.26 Å². The maximum absolute atomic E-state index is 12.1. The van der Waals surface area contributed by atoms with Gasteiger partial charge in [0.25, 0.3) is 0 Å². The van der Waals surface area contributed by atoms with Crippen LogP contribution in [-0.2, 0) is 11.3 Å². The molecule has 1 aliphatic heterocycles. The van der Waals surface area contributed by atoms with Crippen LogP contribution in [0.25, 0.3) is 0 Å². The van der Waals surface area contributed by atoms with E-state index in [1.54, 1.807) is 6.07 Å². The Morgan fingerprint density at radius 1 is 1.27 bits per heavy atom. The summed E-state index contributed by atoms with van der Waals surface area (Å²) in [5.41, 5.74) is 3.58. The molecule has 3 rings (SSSR count). The first-order valence-electron chi connectivity index (χ1n) is 7.31. The van der Waals surface area contributed by atoms with Crippen LogP contribution in [0.1, 0.15) is 18.1 Å². The second kappa shape index (κ2) is 5.90. The molecule has 0 saturated heterocycles. The molecule has 0 bridgehead atoms. The lowest BCUT2D eigenvalue weighted by Gasteiger charge is -2.25. The zero-order valence-electron chi connectivity index (χ0n) is 12.4. The highest BCUT2D eigenvalue weighted by Crippen LogP contribution is 2.31. The first-order chi connectivity index (χ1) is 10.7. The minimum atomic E-state index is -0.0912. The number of benzene rings is 2. The summed E-state index contributed by atoms with van der Waals surface area (Å²) >= 11 is 0. The van der Waals surface area contributed by atoms with Gasteiger partial charge in [0.1, 0.15) is 0 Å². The molecule has 1 atom stereocenters. The Morgan fingerprint density at radius 2 is 2.09 bits per heavy atom. The fraction of sp³-hybridized carbons (Fsp3) is 0.222. The summed E-state index contributed by atoms with van der Waals surface area (Å²) in [4.78, 5) is 14.3. The maximum Gasteiger partial charge on any atom is 0.229 e. The number of amides is 1. The molecular weight excluding hydrogens is 274 g/mol. The predicted octanol–water partition coefficient (Wildman–Crippen LogP) is 3.15. The zero-order chi connectivity index (χ0) is 15.5. The van der Waals surface area contributed by atoms with E-state index < -0.39 is 0 Å². The molecule has 0 aliphatic carbocycles. The number of para-hydroxylation sites is 2. The van der Waals surface area contributed by atoms with Gasteiger partial charge in [-0.3, -0.25) is 4.79 Å². The van der Waals surface area contributed by atoms with Crippen molar-refractivity contribution in [3.63, 3.8) is 0 Å². The molecule has 0 unspecified atom stereocenters. The van der Waals surface area contributed by atoms with Crippen LogP contribution in [0.5, 0.6) is 0 Å². The number of fused-ring (bicyclic) bond motifs is 1. The van der Waals surface area contributed by atoms with E-state index in [0.717, 1.165) is 16.9 Å². The van der Waals surface area contributed by atoms with Gasteiger partial charge in [-0.25, -0.2) is 0 Å². The highest BCUT2D eigenvalue weighted by atomic mass is 16.1. The van der Waals surface area contributed by atoms with Gasteiger partial charge in [-0.05, 0) is 29.8 Å². The molecule has 1 heterocycles. The van der Waals surface area contributed by atoms with Crippen molar-refractivity contribution < 1.29 is 4.79 Å². The smallest absolute Gasteiger partial charge is 0.229 e. The number of hydrogen-bond donors (Lipinski definition) is 1. The van der Waals surface area contributed by atoms with Crippen molar-refractivity contribution in [1.82, 2.24) is 0 Å². The standard InChI is InChI=1S/C18H17N3O/c1-13-11-21(12-15-6-4-5-14(9-15)10-19)17-8-3-2-7-16(17)20-18(13)22/h2-9,13H,11-12H2,1H3,(H,20,22)/t13-/m1/s1. The van der Waals surface area contributed by atoms with Crippen molar-refractivity contribution in [3.05, 3.63) is 59.7 Å². The largest absolute Gasteiger partial charge is 0.365 e. The molecule has 0 radical (unpaired) electrons. The normalized spacial score (nSPS) is 17.2. The van der Waals surface area contributed by atoms with Crippen molar-refractivity contribution in [1.29, 1.82) is 5.26 Å². The molecular formula is C18H17N3O. The van der Waals surface area contributed by atoms with Gasteiger partial charge >= 0.3 is 0 Å². The van der Waals surface area contributed by atoms with Gasteiger partial charge in [-0.1, -0.05) is 31.2 Å². The summed E-state index contributed by atoms with van der Waals surface area (Å²) in [5, 5.41) is 12.0. The number of carbonyl (C=O) groups is 1. The Balaban J connectivity index is 1.94. The molecule has 0 aromatic heterocycles. The highest BCUT2D eigenvalue weighted by molar-refractivity contribution is 5.97. The number of nitrogens with zero attached hydrogens (tertiary/aromatic N) is 2. The highest BCUT2D eigenvalue weighted by Gasteiger charge is 2.24. The molecule has 0 saturated carbocycles. The molecule has 2 aromatic carbocycles. The van der Waals surface area contributed by atoms with Crippen molar-refractivity contribution >= 4 is 17.3 Å². The number of carbonyl (C=O) groups excluding carboxylic acids is 1. The third-order valence-electron chi connectivity index (χ3n) is 3.87. The fourth-order valence-electron chi connectivity index (χ4n) is 2.73. The average Bonchev–Trinajstić information content (AvgIpc) is 2.65. The zero-order valence-corrected chi connectivity index (χ0v) is 12.4. The van der Waals surface area contributed by atoms with Gasteiger partial charge in [0.15, 0.2) is 0 Å². The van der Waals surface area contributed by atoms with Gasteiger partial charge in [0.2, 0.25) is 5.91 Å². The van der Waals surface area contributed by atoms with E-state index in [1.807, 2.05) is 49.4 Å². The summed E-state index contributed by atoms with van der Waals surface area (Å²) < 4.78 is 0. The van der Waals surface area contributed by atoms with Crippen LogP contribution < -0.4 is 10.2 Å². The second-order valence-corrected chi connectivity index (χ2v) is 5.60. The predicted molar refractivity (Wildman–Crippen MR) is 86.4 cm³/mol. The number of anilines is 2. The van der Waals surface area contributed by atoms with Gasteiger partial charge in [0.05, 0.1) is 28.9 Å². The van der Waals surface area contributed by atoms with E-state index in [1.165, 1.54) is 0 Å². The van der Waals surface area contributed by atoms with Crippen LogP contribution in [0.3, 0.4) is 0 Å². The molecule has 22 heavy (non-hydrogen) atoms. The van der Waals surface area contributed by atoms with Crippen LogP contribution in [0.4, 0.5) is 11.4 Å². The van der Waals surface area contributed by atoms with Gasteiger partial charge in [-0.15, -0.1) is 0 Å². The van der Waals surface area contributed by atoms with E-state index >= 15 is 0 Å². The first-order valence-corrected chi connectivity index (χ1v) is 7.31. The summed E-state index contributed by atoms with van der Waals surface area (Å²) in [6.07, 6.45) is 0. The summed E-state index contributed by atoms with van der Waals surface area (Å²) in [6, 6.07) is 17.6. The summed E-state index contributed by atoms with van der Waals surface area (Å²) in [6.45, 7) is 3.26. The minimum absolute atomic E-state index is 0.0423. The van der Waals surface area contributed by atoms with Crippen LogP contribution in [-0.4, -0.2) is 12.5 Å². The quantitative estimate of drug-likeness (QED) is 0.924. The van der Waals surface area contributed by atoms with E-state index in [-0.39, 0.29) is 11.8 Å². The Bertz CT molecular complexity index is 748. The van der Waals surface area contributed by atoms with Gasteiger partial charge < -0.3 is 10.2 Å². The molecule has 1 amide bonds. The first kappa shape index (κ1) is 14.2. The minimum Gasteiger partial charge on any atom is -0.365 e. The number of nitrogens with one attached hydrogen (secondary N) is 1. The van der Waals surface area contributed by atoms with Crippen LogP contribution in [0.2, 0.25) is 0 Å². The molecule has 0 spiro atoms. The van der Waals surface area contributed by atoms with Gasteiger partial charge in [0, 0.05) is 13.1 Å². The van der Waals surface area contributed by atoms with Crippen molar-refractivity contribution in [3.8, 4) is 6.07 Å². The summed E-state index contributed by atoms with van der Waals surface area (Å²) in [7, 11) is 0. The summed E-state index contributed by atoms with van der Waals surface area (Å²) in [5.74, 6) is -0.0488. The van der Waals surface area contributed by atoms with Crippen molar-refractivity contribution in [2.75, 3.05) is 16.8 Å². The van der Waals surface area contributed by atoms with E-state index in [9.17, 15) is 4.79 Å². The molecule has 0 fully saturated rings. The number of rotatable bonds is 2. The lowest BCUT2D eigenvalue weighted by molar-refractivity contribution is -0.119. The Labute approximate surface area is 130 Å². The third-order valence-corrected chi connectivity index (χ3v) is 3.87. The lowest BCUT2D eigenvalue weighted by atomic mass is 10.1. The SMILES string of the molecule is C[C@@H]1CN(Cc2cccc(C#N)c2)c2ccccc2NC1=O. The van der Waals surface area contributed by atoms with E-state index in [0.29, 0.717) is 18.7 Å². The molecule has 4 heteroatoms. The lowest BCUT2D eigenvalue weighted by Crippen LogP contribution is -2.30. The van der Waals surface area contributed by atoms with Crippen molar-refractivity contribution in [2.45, 2.75) is 13.5 Å². The van der Waals surface area contributed by atoms with E-state index in [2.05, 4.69) is 16.3 Å². The second-order valence-electron chi connectivity index (χ2n) is 5.60. The van der Waals surface area contributed by atoms with Crippen LogP contribution in [0.15, 0.2) is 48.5 Å². The van der Waals surface area contributed by atoms with E-state index in [4.69, 9.17) is 5.26 Å². The van der Waals surface area contributed by atoms with Crippen LogP contribution >= 0.6 is 0 Å². The topological polar surface area (TPSA) is 56.1 Å². The Kier molecular flexibility index (Phi) is 3.80. The Hall–Kier alpha value is -2.80. The maximum atomic E-state index is 12.1. The monoisotopic (exact) mass is 291 g/mol. The molecule has 2 aromatic rings. The van der Waals surface area contributed by atoms with Crippen LogP contribution in [0, 0.1) is 17.2 Å². The molecule has 1 N–H and O–H groups in total. The molecule has 1 aliphatic rings. The molecule has 4 nitrogen and oxygen atoms in total. The molecule has 110 valence electrons. The third kappa shape index (κ3) is 2.79. The Morgan fingerprint density at radius 3 is 2.91 bits per heavy atom. The fourth-order valence-corrected chi connectivity index (χ4v) is 2.73.